The van der Waals surface area contributed by atoms with Crippen LogP contribution in [-0.2, 0) is 0 Å². The van der Waals surface area contributed by atoms with Crippen molar-refractivity contribution in [1.29, 1.82) is 0 Å². The second-order valence-electron chi connectivity index (χ2n) is 2.81. The maximum Gasteiger partial charge on any atom is 0.0870 e. The van der Waals surface area contributed by atoms with Crippen molar-refractivity contribution in [2.45, 2.75) is 6.92 Å². The standard InChI is InChI=1S/C10H12N2S2/c1-7(13)12-9(10(11)14)8-5-3-2-4-6-8/h2-6,14H,11H2,1H3,(H,12,13)/b10-9-. The van der Waals surface area contributed by atoms with Gasteiger partial charge in [-0.1, -0.05) is 42.5 Å². The molecule has 0 aliphatic heterocycles. The maximum atomic E-state index is 5.64. The highest BCUT2D eigenvalue weighted by Gasteiger charge is 2.03. The first-order valence-electron chi connectivity index (χ1n) is 4.13. The predicted molar refractivity (Wildman–Crippen MR) is 67.9 cm³/mol. The number of rotatable bonds is 2. The Morgan fingerprint density at radius 2 is 1.93 bits per heavy atom. The van der Waals surface area contributed by atoms with Crippen molar-refractivity contribution in [3.8, 4) is 0 Å². The van der Waals surface area contributed by atoms with Gasteiger partial charge >= 0.3 is 0 Å². The molecule has 0 saturated carbocycles. The van der Waals surface area contributed by atoms with Crippen molar-refractivity contribution in [3.63, 3.8) is 0 Å². The second-order valence-corrected chi connectivity index (χ2v) is 3.90. The zero-order chi connectivity index (χ0) is 10.6. The van der Waals surface area contributed by atoms with Crippen molar-refractivity contribution in [3.05, 3.63) is 40.9 Å². The quantitative estimate of drug-likeness (QED) is 0.532. The predicted octanol–water partition coefficient (Wildman–Crippen LogP) is 2.14. The van der Waals surface area contributed by atoms with Crippen LogP contribution < -0.4 is 11.1 Å². The van der Waals surface area contributed by atoms with E-state index in [-0.39, 0.29) is 0 Å². The number of thiol groups is 1. The SMILES string of the molecule is CC(=S)N/C(=C(/N)S)c1ccccc1. The zero-order valence-electron chi connectivity index (χ0n) is 7.82. The molecule has 3 N–H and O–H groups in total. The minimum Gasteiger partial charge on any atom is -0.392 e. The molecule has 1 aromatic carbocycles. The number of thiocarbonyl (C=S) groups is 1. The highest BCUT2D eigenvalue weighted by Crippen LogP contribution is 2.14. The largest absolute Gasteiger partial charge is 0.392 e. The fourth-order valence-corrected chi connectivity index (χ4v) is 1.35. The Morgan fingerprint density at radius 3 is 2.36 bits per heavy atom. The molecule has 0 bridgehead atoms. The van der Waals surface area contributed by atoms with Gasteiger partial charge in [0.2, 0.25) is 0 Å². The van der Waals surface area contributed by atoms with Crippen LogP contribution in [0.4, 0.5) is 0 Å². The van der Waals surface area contributed by atoms with Crippen LogP contribution in [0.15, 0.2) is 35.4 Å². The van der Waals surface area contributed by atoms with Crippen LogP contribution in [0.3, 0.4) is 0 Å². The summed E-state index contributed by atoms with van der Waals surface area (Å²) in [5.74, 6) is 0. The van der Waals surface area contributed by atoms with Gasteiger partial charge in [0.15, 0.2) is 0 Å². The molecule has 74 valence electrons. The lowest BCUT2D eigenvalue weighted by atomic mass is 10.1. The summed E-state index contributed by atoms with van der Waals surface area (Å²) in [6.45, 7) is 1.80. The molecule has 0 amide bonds. The Labute approximate surface area is 94.6 Å². The van der Waals surface area contributed by atoms with Gasteiger partial charge in [0, 0.05) is 5.56 Å². The summed E-state index contributed by atoms with van der Waals surface area (Å²) in [7, 11) is 0. The minimum absolute atomic E-state index is 0.431. The summed E-state index contributed by atoms with van der Waals surface area (Å²) >= 11 is 9.07. The minimum atomic E-state index is 0.431. The van der Waals surface area contributed by atoms with Crippen LogP contribution in [-0.4, -0.2) is 4.99 Å². The third-order valence-electron chi connectivity index (χ3n) is 1.62. The van der Waals surface area contributed by atoms with Crippen LogP contribution in [0.5, 0.6) is 0 Å². The van der Waals surface area contributed by atoms with E-state index in [0.29, 0.717) is 10.0 Å². The first-order valence-corrected chi connectivity index (χ1v) is 4.98. The van der Waals surface area contributed by atoms with Gasteiger partial charge in [-0.3, -0.25) is 0 Å². The normalized spacial score (nSPS) is 11.9. The van der Waals surface area contributed by atoms with Gasteiger partial charge < -0.3 is 11.1 Å². The highest BCUT2D eigenvalue weighted by molar-refractivity contribution is 7.84. The molecule has 0 heterocycles. The summed E-state index contributed by atoms with van der Waals surface area (Å²) < 4.78 is 0. The summed E-state index contributed by atoms with van der Waals surface area (Å²) in [6.07, 6.45) is 0. The number of hydrogen-bond donors (Lipinski definition) is 3. The van der Waals surface area contributed by atoms with Crippen molar-refractivity contribution in [2.24, 2.45) is 5.73 Å². The molecule has 0 saturated heterocycles. The smallest absolute Gasteiger partial charge is 0.0870 e. The first-order chi connectivity index (χ1) is 6.61. The molecule has 4 heteroatoms. The van der Waals surface area contributed by atoms with Crippen LogP contribution in [0.25, 0.3) is 5.70 Å². The third-order valence-corrected chi connectivity index (χ3v) is 1.95. The summed E-state index contributed by atoms with van der Waals surface area (Å²) in [5.41, 5.74) is 7.37. The van der Waals surface area contributed by atoms with E-state index in [1.165, 1.54) is 0 Å². The first kappa shape index (κ1) is 11.1. The molecule has 2 nitrogen and oxygen atoms in total. The molecular weight excluding hydrogens is 212 g/mol. The van der Waals surface area contributed by atoms with Crippen LogP contribution in [0.1, 0.15) is 12.5 Å². The van der Waals surface area contributed by atoms with E-state index in [9.17, 15) is 0 Å². The topological polar surface area (TPSA) is 38.0 Å². The van der Waals surface area contributed by atoms with Gasteiger partial charge in [-0.2, -0.15) is 0 Å². The lowest BCUT2D eigenvalue weighted by Gasteiger charge is -2.10. The molecule has 0 spiro atoms. The van der Waals surface area contributed by atoms with E-state index in [1.807, 2.05) is 30.3 Å². The Balaban J connectivity index is 3.03. The van der Waals surface area contributed by atoms with E-state index >= 15 is 0 Å². The number of benzene rings is 1. The molecule has 1 rings (SSSR count). The van der Waals surface area contributed by atoms with Crippen molar-refractivity contribution >= 4 is 35.5 Å². The van der Waals surface area contributed by atoms with Gasteiger partial charge in [-0.15, -0.1) is 12.6 Å². The molecule has 0 atom stereocenters. The molecule has 0 aliphatic rings. The highest BCUT2D eigenvalue weighted by atomic mass is 32.1. The van der Waals surface area contributed by atoms with Crippen molar-refractivity contribution in [1.82, 2.24) is 5.32 Å². The van der Waals surface area contributed by atoms with E-state index in [4.69, 9.17) is 18.0 Å². The van der Waals surface area contributed by atoms with Gasteiger partial charge in [0.05, 0.1) is 15.7 Å². The van der Waals surface area contributed by atoms with Crippen LogP contribution in [0.2, 0.25) is 0 Å². The van der Waals surface area contributed by atoms with Gasteiger partial charge in [0.1, 0.15) is 0 Å². The number of nitrogens with two attached hydrogens (primary N) is 1. The van der Waals surface area contributed by atoms with Gasteiger partial charge in [-0.05, 0) is 6.92 Å². The lowest BCUT2D eigenvalue weighted by Crippen LogP contribution is -2.19. The third kappa shape index (κ3) is 3.05. The lowest BCUT2D eigenvalue weighted by molar-refractivity contribution is 1.28. The van der Waals surface area contributed by atoms with Crippen LogP contribution >= 0.6 is 24.8 Å². The zero-order valence-corrected chi connectivity index (χ0v) is 9.53. The van der Waals surface area contributed by atoms with Crippen LogP contribution in [0, 0.1) is 0 Å². The fourth-order valence-electron chi connectivity index (χ4n) is 1.06. The summed E-state index contributed by atoms with van der Waals surface area (Å²) in [5, 5.41) is 3.44. The Hall–Kier alpha value is -1.00. The van der Waals surface area contributed by atoms with E-state index in [0.717, 1.165) is 11.3 Å². The van der Waals surface area contributed by atoms with Gasteiger partial charge in [0.25, 0.3) is 0 Å². The van der Waals surface area contributed by atoms with E-state index < -0.39 is 0 Å². The molecule has 0 aromatic heterocycles. The van der Waals surface area contributed by atoms with E-state index in [1.54, 1.807) is 6.92 Å². The number of nitrogens with one attached hydrogen (secondary N) is 1. The van der Waals surface area contributed by atoms with Gasteiger partial charge in [-0.25, -0.2) is 0 Å². The Kier molecular flexibility index (Phi) is 3.98. The van der Waals surface area contributed by atoms with Crippen molar-refractivity contribution in [2.75, 3.05) is 0 Å². The average Bonchev–Trinajstić information content (AvgIpc) is 2.15. The fraction of sp³-hybridized carbons (Fsp3) is 0.100. The Morgan fingerprint density at radius 1 is 1.36 bits per heavy atom. The van der Waals surface area contributed by atoms with Crippen molar-refractivity contribution < 1.29 is 0 Å². The molecule has 0 radical (unpaired) electrons. The number of hydrogen-bond acceptors (Lipinski definition) is 3. The second kappa shape index (κ2) is 5.02. The Bertz CT molecular complexity index is 354. The van der Waals surface area contributed by atoms with E-state index in [2.05, 4.69) is 17.9 Å². The molecule has 0 fully saturated rings. The summed E-state index contributed by atoms with van der Waals surface area (Å²) in [6, 6.07) is 9.71. The maximum absolute atomic E-state index is 5.64. The monoisotopic (exact) mass is 224 g/mol. The molecular formula is C10H12N2S2. The summed E-state index contributed by atoms with van der Waals surface area (Å²) in [4.78, 5) is 0.667. The molecule has 1 aromatic rings. The molecule has 14 heavy (non-hydrogen) atoms. The molecule has 0 aliphatic carbocycles. The average molecular weight is 224 g/mol. The molecule has 0 unspecified atom stereocenters.